The highest BCUT2D eigenvalue weighted by Gasteiger charge is 2.18. The van der Waals surface area contributed by atoms with Gasteiger partial charge in [-0.25, -0.2) is 0 Å². The van der Waals surface area contributed by atoms with Crippen LogP contribution in [0.4, 0.5) is 0 Å². The molecule has 0 aromatic heterocycles. The molecule has 0 spiro atoms. The van der Waals surface area contributed by atoms with Crippen molar-refractivity contribution < 1.29 is 4.79 Å². The molecule has 2 aliphatic rings. The molecule has 2 rings (SSSR count). The first kappa shape index (κ1) is 12.8. The second-order valence-corrected chi connectivity index (χ2v) is 5.17. The molecule has 0 aliphatic carbocycles. The fourth-order valence-corrected chi connectivity index (χ4v) is 2.68. The second kappa shape index (κ2) is 6.97. The first-order valence-corrected chi connectivity index (χ1v) is 7.07. The summed E-state index contributed by atoms with van der Waals surface area (Å²) in [5.41, 5.74) is 0. The molecule has 4 nitrogen and oxygen atoms in total. The topological polar surface area (TPSA) is 35.6 Å². The van der Waals surface area contributed by atoms with Crippen molar-refractivity contribution in [2.24, 2.45) is 0 Å². The number of nitrogens with zero attached hydrogens (tertiary/aromatic N) is 2. The molecule has 1 N–H and O–H groups in total. The predicted molar refractivity (Wildman–Crippen MR) is 69.0 cm³/mol. The molecule has 0 atom stereocenters. The van der Waals surface area contributed by atoms with E-state index in [-0.39, 0.29) is 0 Å². The van der Waals surface area contributed by atoms with Crippen molar-refractivity contribution in [2.75, 3.05) is 45.8 Å². The molecule has 0 radical (unpaired) electrons. The van der Waals surface area contributed by atoms with Crippen LogP contribution < -0.4 is 5.32 Å². The number of hydrogen-bond donors (Lipinski definition) is 1. The second-order valence-electron chi connectivity index (χ2n) is 5.17. The Morgan fingerprint density at radius 1 is 0.882 bits per heavy atom. The third-order valence-electron chi connectivity index (χ3n) is 3.75. The Balaban J connectivity index is 1.77. The normalized spacial score (nSPS) is 24.1. The van der Waals surface area contributed by atoms with Crippen molar-refractivity contribution in [2.45, 2.75) is 32.1 Å². The van der Waals surface area contributed by atoms with Crippen LogP contribution in [0.5, 0.6) is 0 Å². The highest BCUT2D eigenvalue weighted by Crippen LogP contribution is 2.09. The van der Waals surface area contributed by atoms with Crippen molar-refractivity contribution in [1.29, 1.82) is 0 Å². The molecule has 2 heterocycles. The van der Waals surface area contributed by atoms with Crippen molar-refractivity contribution in [1.82, 2.24) is 15.1 Å². The number of likely N-dealkylation sites (tertiary alicyclic amines) is 1. The van der Waals surface area contributed by atoms with Gasteiger partial charge in [-0.3, -0.25) is 9.69 Å². The Bertz CT molecular complexity index is 229. The zero-order valence-electron chi connectivity index (χ0n) is 10.8. The van der Waals surface area contributed by atoms with E-state index in [9.17, 15) is 4.79 Å². The lowest BCUT2D eigenvalue weighted by Crippen LogP contribution is -2.42. The van der Waals surface area contributed by atoms with E-state index in [1.165, 1.54) is 25.7 Å². The van der Waals surface area contributed by atoms with Crippen LogP contribution in [0.3, 0.4) is 0 Å². The Kier molecular flexibility index (Phi) is 5.26. The molecule has 4 heteroatoms. The van der Waals surface area contributed by atoms with Crippen LogP contribution in [0.1, 0.15) is 32.1 Å². The van der Waals surface area contributed by atoms with E-state index in [1.807, 2.05) is 4.90 Å². The lowest BCUT2D eigenvalue weighted by Gasteiger charge is -2.25. The number of carbonyl (C=O) groups is 1. The summed E-state index contributed by atoms with van der Waals surface area (Å²) in [4.78, 5) is 16.6. The van der Waals surface area contributed by atoms with Crippen molar-refractivity contribution in [3.63, 3.8) is 0 Å². The summed E-state index contributed by atoms with van der Waals surface area (Å²) in [6.07, 6.45) is 6.27. The molecule has 2 aliphatic heterocycles. The highest BCUT2D eigenvalue weighted by molar-refractivity contribution is 5.78. The summed E-state index contributed by atoms with van der Waals surface area (Å²) in [6.45, 7) is 6.67. The van der Waals surface area contributed by atoms with Crippen LogP contribution >= 0.6 is 0 Å². The van der Waals surface area contributed by atoms with Gasteiger partial charge >= 0.3 is 0 Å². The number of rotatable bonds is 2. The molecular weight excluding hydrogens is 214 g/mol. The van der Waals surface area contributed by atoms with Gasteiger partial charge in [0.15, 0.2) is 0 Å². The standard InChI is InChI=1S/C13H25N3O/c17-13(16-10-5-6-14-7-11-16)12-15-8-3-1-2-4-9-15/h14H,1-12H2. The third kappa shape index (κ3) is 4.28. The van der Waals surface area contributed by atoms with Gasteiger partial charge in [-0.2, -0.15) is 0 Å². The summed E-state index contributed by atoms with van der Waals surface area (Å²) in [5.74, 6) is 0.329. The fraction of sp³-hybridized carbons (Fsp3) is 0.923. The fourth-order valence-electron chi connectivity index (χ4n) is 2.68. The minimum atomic E-state index is 0.329. The van der Waals surface area contributed by atoms with Gasteiger partial charge in [0.1, 0.15) is 0 Å². The Labute approximate surface area is 104 Å². The average molecular weight is 239 g/mol. The molecule has 2 fully saturated rings. The van der Waals surface area contributed by atoms with Crippen LogP contribution in [-0.4, -0.2) is 61.5 Å². The monoisotopic (exact) mass is 239 g/mol. The Hall–Kier alpha value is -0.610. The Morgan fingerprint density at radius 3 is 2.41 bits per heavy atom. The lowest BCUT2D eigenvalue weighted by molar-refractivity contribution is -0.132. The molecule has 0 bridgehead atoms. The quantitative estimate of drug-likeness (QED) is 0.770. The van der Waals surface area contributed by atoms with Gasteiger partial charge in [-0.15, -0.1) is 0 Å². The molecular formula is C13H25N3O. The zero-order valence-corrected chi connectivity index (χ0v) is 10.8. The summed E-state index contributed by atoms with van der Waals surface area (Å²) in [6, 6.07) is 0. The molecule has 0 saturated carbocycles. The van der Waals surface area contributed by atoms with E-state index >= 15 is 0 Å². The Morgan fingerprint density at radius 2 is 1.65 bits per heavy atom. The minimum Gasteiger partial charge on any atom is -0.340 e. The largest absolute Gasteiger partial charge is 0.340 e. The van der Waals surface area contributed by atoms with Gasteiger partial charge in [0.2, 0.25) is 5.91 Å². The average Bonchev–Trinajstić information content (AvgIpc) is 2.72. The predicted octanol–water partition coefficient (Wildman–Crippen LogP) is 0.684. The lowest BCUT2D eigenvalue weighted by atomic mass is 10.2. The number of amides is 1. The van der Waals surface area contributed by atoms with Crippen LogP contribution in [0.2, 0.25) is 0 Å². The first-order chi connectivity index (χ1) is 8.36. The SMILES string of the molecule is O=C(CN1CCCCCC1)N1CCCNCC1. The van der Waals surface area contributed by atoms with Gasteiger partial charge in [0.25, 0.3) is 0 Å². The van der Waals surface area contributed by atoms with Crippen LogP contribution in [0.25, 0.3) is 0 Å². The van der Waals surface area contributed by atoms with Crippen LogP contribution in [0, 0.1) is 0 Å². The molecule has 2 saturated heterocycles. The number of hydrogen-bond acceptors (Lipinski definition) is 3. The van der Waals surface area contributed by atoms with E-state index < -0.39 is 0 Å². The number of carbonyl (C=O) groups excluding carboxylic acids is 1. The third-order valence-corrected chi connectivity index (χ3v) is 3.75. The molecule has 0 aromatic rings. The van der Waals surface area contributed by atoms with Crippen molar-refractivity contribution >= 4 is 5.91 Å². The summed E-state index contributed by atoms with van der Waals surface area (Å²) >= 11 is 0. The maximum Gasteiger partial charge on any atom is 0.236 e. The summed E-state index contributed by atoms with van der Waals surface area (Å²) in [5, 5.41) is 3.34. The van der Waals surface area contributed by atoms with Crippen molar-refractivity contribution in [3.8, 4) is 0 Å². The zero-order chi connectivity index (χ0) is 11.9. The molecule has 0 unspecified atom stereocenters. The van der Waals surface area contributed by atoms with Crippen LogP contribution in [-0.2, 0) is 4.79 Å². The van der Waals surface area contributed by atoms with Gasteiger partial charge in [-0.1, -0.05) is 12.8 Å². The summed E-state index contributed by atoms with van der Waals surface area (Å²) in [7, 11) is 0. The van der Waals surface area contributed by atoms with Crippen molar-refractivity contribution in [3.05, 3.63) is 0 Å². The highest BCUT2D eigenvalue weighted by atomic mass is 16.2. The van der Waals surface area contributed by atoms with Crippen LogP contribution in [0.15, 0.2) is 0 Å². The molecule has 98 valence electrons. The maximum atomic E-state index is 12.2. The molecule has 1 amide bonds. The van der Waals surface area contributed by atoms with E-state index in [2.05, 4.69) is 10.2 Å². The smallest absolute Gasteiger partial charge is 0.236 e. The maximum absolute atomic E-state index is 12.2. The summed E-state index contributed by atoms with van der Waals surface area (Å²) < 4.78 is 0. The minimum absolute atomic E-state index is 0.329. The van der Waals surface area contributed by atoms with E-state index in [4.69, 9.17) is 0 Å². The van der Waals surface area contributed by atoms with Gasteiger partial charge < -0.3 is 10.2 Å². The first-order valence-electron chi connectivity index (χ1n) is 7.07. The molecule has 17 heavy (non-hydrogen) atoms. The van der Waals surface area contributed by atoms with Gasteiger partial charge in [0, 0.05) is 19.6 Å². The van der Waals surface area contributed by atoms with E-state index in [0.717, 1.165) is 45.7 Å². The van der Waals surface area contributed by atoms with Gasteiger partial charge in [-0.05, 0) is 38.9 Å². The van der Waals surface area contributed by atoms with E-state index in [1.54, 1.807) is 0 Å². The van der Waals surface area contributed by atoms with Gasteiger partial charge in [0.05, 0.1) is 6.54 Å². The van der Waals surface area contributed by atoms with E-state index in [0.29, 0.717) is 12.5 Å². The molecule has 0 aromatic carbocycles. The number of nitrogens with one attached hydrogen (secondary N) is 1.